The number of nitrogen functional groups attached to an aromatic ring is 1. The van der Waals surface area contributed by atoms with Crippen molar-refractivity contribution in [1.82, 2.24) is 24.5 Å². The van der Waals surface area contributed by atoms with Crippen molar-refractivity contribution in [3.8, 4) is 0 Å². The van der Waals surface area contributed by atoms with Crippen LogP contribution in [-0.4, -0.2) is 64.1 Å². The first-order valence-electron chi connectivity index (χ1n) is 12.5. The average molecular weight is 487 g/mol. The highest BCUT2D eigenvalue weighted by molar-refractivity contribution is 5.81. The lowest BCUT2D eigenvalue weighted by molar-refractivity contribution is 0.0134. The minimum Gasteiger partial charge on any atom is -0.382 e. The lowest BCUT2D eigenvalue weighted by atomic mass is 10.1. The zero-order chi connectivity index (χ0) is 24.9. The van der Waals surface area contributed by atoms with Gasteiger partial charge in [0.05, 0.1) is 33.0 Å². The molecule has 0 saturated heterocycles. The van der Waals surface area contributed by atoms with Gasteiger partial charge in [0.2, 0.25) is 0 Å². The number of nitrogens with zero attached hydrogens (tertiary/aromatic N) is 4. The normalized spacial score (nSPS) is 11.5. The van der Waals surface area contributed by atoms with Gasteiger partial charge in [-0.15, -0.1) is 0 Å². The molecule has 0 atom stereocenters. The van der Waals surface area contributed by atoms with Gasteiger partial charge in [-0.05, 0) is 44.2 Å². The number of anilines is 1. The molecule has 0 aliphatic carbocycles. The summed E-state index contributed by atoms with van der Waals surface area (Å²) >= 11 is 0. The van der Waals surface area contributed by atoms with Gasteiger partial charge < -0.3 is 24.9 Å². The van der Waals surface area contributed by atoms with Crippen LogP contribution in [0.1, 0.15) is 56.1 Å². The molecule has 3 N–H and O–H groups in total. The van der Waals surface area contributed by atoms with Crippen LogP contribution >= 0.6 is 0 Å². The third-order valence-electron chi connectivity index (χ3n) is 5.60. The minimum atomic E-state index is -0.263. The van der Waals surface area contributed by atoms with E-state index in [1.807, 2.05) is 18.3 Å². The molecule has 0 spiro atoms. The van der Waals surface area contributed by atoms with Gasteiger partial charge in [-0.2, -0.15) is 0 Å². The number of nitrogens with two attached hydrogens (primary N) is 1. The van der Waals surface area contributed by atoms with Crippen LogP contribution in [0.25, 0.3) is 11.2 Å². The molecule has 3 aromatic heterocycles. The number of pyridine rings is 1. The van der Waals surface area contributed by atoms with Gasteiger partial charge in [0.15, 0.2) is 11.5 Å². The van der Waals surface area contributed by atoms with Crippen molar-refractivity contribution in [3.63, 3.8) is 0 Å². The second-order valence-corrected chi connectivity index (χ2v) is 8.53. The summed E-state index contributed by atoms with van der Waals surface area (Å²) in [4.78, 5) is 28.2. The van der Waals surface area contributed by atoms with E-state index >= 15 is 0 Å². The molecular weight excluding hydrogens is 448 g/mol. The number of H-pyrrole nitrogens is 1. The number of hydrogen-bond donors (Lipinski definition) is 2. The zero-order valence-electron chi connectivity index (χ0n) is 20.9. The van der Waals surface area contributed by atoms with Crippen molar-refractivity contribution < 1.29 is 14.2 Å². The molecule has 192 valence electrons. The van der Waals surface area contributed by atoms with Crippen molar-refractivity contribution in [2.45, 2.75) is 58.9 Å². The monoisotopic (exact) mass is 486 g/mol. The molecule has 0 fully saturated rings. The van der Waals surface area contributed by atoms with E-state index in [2.05, 4.69) is 26.9 Å². The van der Waals surface area contributed by atoms with Gasteiger partial charge in [0.1, 0.15) is 11.3 Å². The van der Waals surface area contributed by atoms with Crippen LogP contribution in [-0.2, 0) is 27.2 Å². The minimum absolute atomic E-state index is 0.263. The fraction of sp³-hybridized carbons (Fsp3) is 0.600. The van der Waals surface area contributed by atoms with E-state index < -0.39 is 0 Å². The summed E-state index contributed by atoms with van der Waals surface area (Å²) in [5, 5.41) is 0. The third kappa shape index (κ3) is 8.72. The van der Waals surface area contributed by atoms with Gasteiger partial charge in [-0.25, -0.2) is 14.8 Å². The molecule has 0 saturated carbocycles. The predicted molar refractivity (Wildman–Crippen MR) is 136 cm³/mol. The highest BCUT2D eigenvalue weighted by Gasteiger charge is 2.13. The number of aromatic amines is 1. The van der Waals surface area contributed by atoms with Crippen LogP contribution in [0.5, 0.6) is 0 Å². The fourth-order valence-corrected chi connectivity index (χ4v) is 3.67. The van der Waals surface area contributed by atoms with Crippen LogP contribution in [0.15, 0.2) is 23.1 Å². The Balaban J connectivity index is 1.29. The molecule has 0 aliphatic heterocycles. The molecule has 10 heteroatoms. The summed E-state index contributed by atoms with van der Waals surface area (Å²) in [6.45, 7) is 8.34. The lowest BCUT2D eigenvalue weighted by Gasteiger charge is -2.07. The predicted octanol–water partition coefficient (Wildman–Crippen LogP) is 3.02. The maximum absolute atomic E-state index is 12.4. The molecule has 0 radical (unpaired) electrons. The Morgan fingerprint density at radius 3 is 2.34 bits per heavy atom. The van der Waals surface area contributed by atoms with E-state index in [-0.39, 0.29) is 11.5 Å². The topological polar surface area (TPSA) is 130 Å². The molecule has 0 aliphatic rings. The quantitative estimate of drug-likeness (QED) is 0.279. The Kier molecular flexibility index (Phi) is 11.1. The van der Waals surface area contributed by atoms with E-state index in [9.17, 15) is 4.79 Å². The van der Waals surface area contributed by atoms with E-state index in [1.54, 1.807) is 11.5 Å². The Hall–Kier alpha value is -2.82. The Morgan fingerprint density at radius 1 is 0.943 bits per heavy atom. The van der Waals surface area contributed by atoms with E-state index in [1.165, 1.54) is 0 Å². The maximum atomic E-state index is 12.4. The molecule has 0 aromatic carbocycles. The number of rotatable bonds is 17. The van der Waals surface area contributed by atoms with Crippen molar-refractivity contribution >= 4 is 17.0 Å². The van der Waals surface area contributed by atoms with Gasteiger partial charge in [0, 0.05) is 25.1 Å². The second-order valence-electron chi connectivity index (χ2n) is 8.53. The van der Waals surface area contributed by atoms with Crippen molar-refractivity contribution in [3.05, 3.63) is 45.9 Å². The number of hydrogen-bond acceptors (Lipinski definition) is 8. The molecule has 3 heterocycles. The standard InChI is InChI=1S/C25H38N6O4/c1-3-4-11-33-13-15-35-16-14-34-12-7-5-6-8-21-10-9-20(17-27-21)18-31-24-22(30-25(31)32)23(26)28-19(2)29-24/h9-10,17H,3-8,11-16,18H2,1-2H3,(H,30,32)(H2,26,28,29). The second kappa shape index (κ2) is 14.6. The van der Waals surface area contributed by atoms with E-state index in [0.29, 0.717) is 50.0 Å². The average Bonchev–Trinajstić information content (AvgIpc) is 3.15. The molecule has 35 heavy (non-hydrogen) atoms. The molecule has 0 amide bonds. The number of fused-ring (bicyclic) bond motifs is 1. The highest BCUT2D eigenvalue weighted by atomic mass is 16.5. The van der Waals surface area contributed by atoms with Crippen LogP contribution in [0, 0.1) is 6.92 Å². The molecule has 3 rings (SSSR count). The number of nitrogens with one attached hydrogen (secondary N) is 1. The Bertz CT molecular complexity index is 1080. The van der Waals surface area contributed by atoms with Crippen molar-refractivity contribution in [1.29, 1.82) is 0 Å². The Morgan fingerprint density at radius 2 is 1.66 bits per heavy atom. The van der Waals surface area contributed by atoms with Crippen LogP contribution in [0.2, 0.25) is 0 Å². The smallest absolute Gasteiger partial charge is 0.328 e. The summed E-state index contributed by atoms with van der Waals surface area (Å²) in [5.41, 5.74) is 8.59. The fourth-order valence-electron chi connectivity index (χ4n) is 3.67. The van der Waals surface area contributed by atoms with Crippen molar-refractivity contribution in [2.24, 2.45) is 0 Å². The first kappa shape index (κ1) is 26.8. The first-order chi connectivity index (χ1) is 17.1. The SMILES string of the molecule is CCCCOCCOCCOCCCCCc1ccc(Cn2c(=O)[nH]c3c(N)nc(C)nc32)cn1. The molecule has 3 aromatic rings. The van der Waals surface area contributed by atoms with Crippen LogP contribution in [0.4, 0.5) is 5.82 Å². The molecule has 0 bridgehead atoms. The third-order valence-corrected chi connectivity index (χ3v) is 5.60. The van der Waals surface area contributed by atoms with Crippen LogP contribution in [0.3, 0.4) is 0 Å². The summed E-state index contributed by atoms with van der Waals surface area (Å²) in [6, 6.07) is 4.02. The van der Waals surface area contributed by atoms with E-state index in [4.69, 9.17) is 19.9 Å². The van der Waals surface area contributed by atoms with Gasteiger partial charge in [-0.3, -0.25) is 9.55 Å². The highest BCUT2D eigenvalue weighted by Crippen LogP contribution is 2.15. The Labute approximate surface area is 206 Å². The van der Waals surface area contributed by atoms with Gasteiger partial charge in [-0.1, -0.05) is 25.8 Å². The van der Waals surface area contributed by atoms with Crippen LogP contribution < -0.4 is 11.4 Å². The van der Waals surface area contributed by atoms with Gasteiger partial charge >= 0.3 is 5.69 Å². The summed E-state index contributed by atoms with van der Waals surface area (Å²) in [6.07, 6.45) is 8.14. The summed E-state index contributed by atoms with van der Waals surface area (Å²) in [5.74, 6) is 0.803. The van der Waals surface area contributed by atoms with E-state index in [0.717, 1.165) is 63.0 Å². The summed E-state index contributed by atoms with van der Waals surface area (Å²) in [7, 11) is 0. The number of unbranched alkanes of at least 4 members (excludes halogenated alkanes) is 3. The molecule has 0 unspecified atom stereocenters. The molecule has 10 nitrogen and oxygen atoms in total. The number of aryl methyl sites for hydroxylation is 2. The van der Waals surface area contributed by atoms with Gasteiger partial charge in [0.25, 0.3) is 0 Å². The number of imidazole rings is 1. The lowest BCUT2D eigenvalue weighted by Crippen LogP contribution is -2.18. The number of aromatic nitrogens is 5. The maximum Gasteiger partial charge on any atom is 0.328 e. The van der Waals surface area contributed by atoms with Crippen molar-refractivity contribution in [2.75, 3.05) is 45.4 Å². The zero-order valence-corrected chi connectivity index (χ0v) is 20.9. The first-order valence-corrected chi connectivity index (χ1v) is 12.5. The molecular formula is C25H38N6O4. The summed E-state index contributed by atoms with van der Waals surface area (Å²) < 4.78 is 18.1. The largest absolute Gasteiger partial charge is 0.382 e. The number of ether oxygens (including phenoxy) is 3.